The molecule has 0 unspecified atom stereocenters. The highest BCUT2D eigenvalue weighted by atomic mass is 32.1. The molecule has 166 valence electrons. The maximum Gasteiger partial charge on any atom is 0.311 e. The summed E-state index contributed by atoms with van der Waals surface area (Å²) in [4.78, 5) is 24.8. The van der Waals surface area contributed by atoms with Gasteiger partial charge in [-0.2, -0.15) is 0 Å². The molecule has 0 aliphatic heterocycles. The molecule has 0 aromatic heterocycles. The molecule has 2 aromatic carbocycles. The highest BCUT2D eigenvalue weighted by molar-refractivity contribution is 7.80. The number of ether oxygens (including phenoxy) is 1. The Morgan fingerprint density at radius 1 is 1.16 bits per heavy atom. The van der Waals surface area contributed by atoms with E-state index in [9.17, 15) is 14.9 Å². The quantitative estimate of drug-likeness (QED) is 0.279. The minimum Gasteiger partial charge on any atom is -0.463 e. The van der Waals surface area contributed by atoms with Gasteiger partial charge in [0, 0.05) is 12.1 Å². The fourth-order valence-electron chi connectivity index (χ4n) is 3.23. The average Bonchev–Trinajstić information content (AvgIpc) is 2.71. The fourth-order valence-corrected chi connectivity index (χ4v) is 3.54. The number of nitro groups is 1. The van der Waals surface area contributed by atoms with Gasteiger partial charge in [-0.25, -0.2) is 0 Å². The molecule has 0 aliphatic carbocycles. The summed E-state index contributed by atoms with van der Waals surface area (Å²) in [6.07, 6.45) is 0.562. The number of nitro benzene ring substituents is 1. The minimum atomic E-state index is -0.630. The molecule has 2 aromatic rings. The zero-order chi connectivity index (χ0) is 23.2. The third-order valence-corrected chi connectivity index (χ3v) is 5.20. The molecule has 0 saturated carbocycles. The van der Waals surface area contributed by atoms with Crippen LogP contribution in [0.4, 0.5) is 5.69 Å². The summed E-state index contributed by atoms with van der Waals surface area (Å²) >= 11 is 5.36. The molecule has 0 heterocycles. The maximum absolute atomic E-state index is 12.4. The Morgan fingerprint density at radius 3 is 2.23 bits per heavy atom. The van der Waals surface area contributed by atoms with Crippen LogP contribution < -0.4 is 5.73 Å². The van der Waals surface area contributed by atoms with Gasteiger partial charge < -0.3 is 15.4 Å². The van der Waals surface area contributed by atoms with E-state index in [1.165, 1.54) is 12.1 Å². The number of nitrogens with two attached hydrogens (primary N) is 1. The van der Waals surface area contributed by atoms with Crippen LogP contribution in [0, 0.1) is 15.5 Å². The first kappa shape index (κ1) is 24.3. The summed E-state index contributed by atoms with van der Waals surface area (Å²) in [6, 6.07) is 15.5. The van der Waals surface area contributed by atoms with Crippen molar-refractivity contribution in [1.82, 2.24) is 4.90 Å². The number of non-ortho nitro benzene ring substituents is 1. The Balaban J connectivity index is 2.33. The van der Waals surface area contributed by atoms with Crippen molar-refractivity contribution < 1.29 is 14.5 Å². The molecule has 0 bridgehead atoms. The fraction of sp³-hybridized carbons (Fsp3) is 0.391. The summed E-state index contributed by atoms with van der Waals surface area (Å²) in [5.74, 6) is -0.309. The molecule has 0 aliphatic rings. The smallest absolute Gasteiger partial charge is 0.311 e. The lowest BCUT2D eigenvalue weighted by molar-refractivity contribution is -0.384. The van der Waals surface area contributed by atoms with Crippen molar-refractivity contribution in [3.63, 3.8) is 0 Å². The van der Waals surface area contributed by atoms with Crippen LogP contribution >= 0.6 is 12.2 Å². The monoisotopic (exact) mass is 443 g/mol. The van der Waals surface area contributed by atoms with Gasteiger partial charge in [-0.15, -0.1) is 0 Å². The second-order valence-electron chi connectivity index (χ2n) is 8.46. The van der Waals surface area contributed by atoms with Crippen LogP contribution in [0.25, 0.3) is 0 Å². The summed E-state index contributed by atoms with van der Waals surface area (Å²) in [6.45, 7) is 7.43. The van der Waals surface area contributed by atoms with Crippen molar-refractivity contribution in [2.24, 2.45) is 11.1 Å². The Kier molecular flexibility index (Phi) is 8.10. The SMILES string of the molecule is C[C@H](c1ccc([N+](=O)[O-])cc1)N(C(N)=S)[C@H](COC(=O)C(C)(C)C)Cc1ccccc1. The van der Waals surface area contributed by atoms with E-state index in [1.54, 1.807) is 32.9 Å². The first-order valence-corrected chi connectivity index (χ1v) is 10.4. The second kappa shape index (κ2) is 10.3. The van der Waals surface area contributed by atoms with E-state index in [-0.39, 0.29) is 35.5 Å². The summed E-state index contributed by atoms with van der Waals surface area (Å²) in [5.41, 5.74) is 7.36. The summed E-state index contributed by atoms with van der Waals surface area (Å²) in [7, 11) is 0. The van der Waals surface area contributed by atoms with Gasteiger partial charge in [-0.3, -0.25) is 14.9 Å². The Morgan fingerprint density at radius 2 is 1.74 bits per heavy atom. The Hall–Kier alpha value is -3.00. The van der Waals surface area contributed by atoms with E-state index >= 15 is 0 Å². The number of hydrogen-bond acceptors (Lipinski definition) is 5. The van der Waals surface area contributed by atoms with E-state index in [1.807, 2.05) is 42.2 Å². The molecule has 0 radical (unpaired) electrons. The Labute approximate surface area is 188 Å². The molecule has 2 atom stereocenters. The van der Waals surface area contributed by atoms with Crippen LogP contribution in [0.2, 0.25) is 0 Å². The van der Waals surface area contributed by atoms with Gasteiger partial charge in [0.1, 0.15) is 6.61 Å². The van der Waals surface area contributed by atoms with Gasteiger partial charge in [0.25, 0.3) is 5.69 Å². The van der Waals surface area contributed by atoms with Crippen LogP contribution in [-0.4, -0.2) is 33.6 Å². The van der Waals surface area contributed by atoms with Gasteiger partial charge in [-0.05, 0) is 57.5 Å². The number of carbonyl (C=O) groups excluding carboxylic acids is 1. The largest absolute Gasteiger partial charge is 0.463 e. The first-order chi connectivity index (χ1) is 14.5. The number of benzene rings is 2. The number of hydrogen-bond donors (Lipinski definition) is 1. The van der Waals surface area contributed by atoms with Crippen molar-refractivity contribution >= 4 is 29.0 Å². The van der Waals surface area contributed by atoms with E-state index in [4.69, 9.17) is 22.7 Å². The zero-order valence-corrected chi connectivity index (χ0v) is 19.1. The van der Waals surface area contributed by atoms with Crippen LogP contribution in [0.1, 0.15) is 44.9 Å². The lowest BCUT2D eigenvalue weighted by Crippen LogP contribution is -2.48. The normalized spacial score (nSPS) is 13.2. The molecule has 0 saturated heterocycles. The number of thiocarbonyl (C=S) groups is 1. The molecule has 7 nitrogen and oxygen atoms in total. The molecule has 8 heteroatoms. The van der Waals surface area contributed by atoms with Crippen molar-refractivity contribution in [2.75, 3.05) is 6.61 Å². The first-order valence-electron chi connectivity index (χ1n) is 10.0. The van der Waals surface area contributed by atoms with Gasteiger partial charge in [0.05, 0.1) is 22.4 Å². The third kappa shape index (κ3) is 6.75. The van der Waals surface area contributed by atoms with Crippen LogP contribution in [0.15, 0.2) is 54.6 Å². The van der Waals surface area contributed by atoms with E-state index < -0.39 is 10.3 Å². The third-order valence-electron chi connectivity index (χ3n) is 4.98. The summed E-state index contributed by atoms with van der Waals surface area (Å²) < 4.78 is 5.62. The van der Waals surface area contributed by atoms with Gasteiger partial charge >= 0.3 is 5.97 Å². The zero-order valence-electron chi connectivity index (χ0n) is 18.3. The number of carbonyl (C=O) groups is 1. The molecule has 2 N–H and O–H groups in total. The summed E-state index contributed by atoms with van der Waals surface area (Å²) in [5, 5.41) is 11.1. The molecule has 2 rings (SSSR count). The van der Waals surface area contributed by atoms with Crippen LogP contribution in [0.3, 0.4) is 0 Å². The van der Waals surface area contributed by atoms with Gasteiger partial charge in [-0.1, -0.05) is 42.5 Å². The van der Waals surface area contributed by atoms with Crippen molar-refractivity contribution in [3.05, 3.63) is 75.8 Å². The van der Waals surface area contributed by atoms with Gasteiger partial charge in [0.2, 0.25) is 0 Å². The number of nitrogens with zero attached hydrogens (tertiary/aromatic N) is 2. The molecule has 31 heavy (non-hydrogen) atoms. The van der Waals surface area contributed by atoms with Gasteiger partial charge in [0.15, 0.2) is 5.11 Å². The van der Waals surface area contributed by atoms with Crippen molar-refractivity contribution in [2.45, 2.75) is 46.2 Å². The van der Waals surface area contributed by atoms with Crippen LogP contribution in [0.5, 0.6) is 0 Å². The van der Waals surface area contributed by atoms with Crippen molar-refractivity contribution in [1.29, 1.82) is 0 Å². The lowest BCUT2D eigenvalue weighted by Gasteiger charge is -2.37. The highest BCUT2D eigenvalue weighted by Crippen LogP contribution is 2.27. The minimum absolute atomic E-state index is 0.0118. The van der Waals surface area contributed by atoms with Crippen molar-refractivity contribution in [3.8, 4) is 0 Å². The topological polar surface area (TPSA) is 98.7 Å². The molecular weight excluding hydrogens is 414 g/mol. The molecular formula is C23H29N3O4S. The molecule has 0 fully saturated rings. The highest BCUT2D eigenvalue weighted by Gasteiger charge is 2.30. The molecule has 0 spiro atoms. The maximum atomic E-state index is 12.4. The predicted octanol–water partition coefficient (Wildman–Crippen LogP) is 4.40. The Bertz CT molecular complexity index is 911. The van der Waals surface area contributed by atoms with E-state index in [0.29, 0.717) is 6.42 Å². The number of esters is 1. The molecule has 0 amide bonds. The standard InChI is InChI=1S/C23H29N3O4S/c1-16(18-10-12-19(13-11-18)26(28)29)25(22(24)31)20(14-17-8-6-5-7-9-17)15-30-21(27)23(2,3)4/h5-13,16,20H,14-15H2,1-4H3,(H2,24,31)/t16-,20+/m1/s1. The second-order valence-corrected chi connectivity index (χ2v) is 8.88. The number of rotatable bonds is 8. The average molecular weight is 444 g/mol. The predicted molar refractivity (Wildman–Crippen MR) is 124 cm³/mol. The van der Waals surface area contributed by atoms with E-state index in [2.05, 4.69) is 0 Å². The lowest BCUT2D eigenvalue weighted by atomic mass is 9.97. The van der Waals surface area contributed by atoms with E-state index in [0.717, 1.165) is 11.1 Å². The van der Waals surface area contributed by atoms with Crippen LogP contribution in [-0.2, 0) is 16.0 Å².